The van der Waals surface area contributed by atoms with Gasteiger partial charge in [-0.3, -0.25) is 9.78 Å². The molecule has 0 saturated carbocycles. The van der Waals surface area contributed by atoms with Crippen LogP contribution in [0.3, 0.4) is 0 Å². The Morgan fingerprint density at radius 3 is 2.65 bits per heavy atom. The van der Waals surface area contributed by atoms with Crippen LogP contribution >= 0.6 is 0 Å². The first-order valence-corrected chi connectivity index (χ1v) is 8.76. The number of amides is 1. The van der Waals surface area contributed by atoms with E-state index in [1.54, 1.807) is 18.3 Å². The fourth-order valence-corrected chi connectivity index (χ4v) is 3.36. The molecule has 0 radical (unpaired) electrons. The lowest BCUT2D eigenvalue weighted by molar-refractivity contribution is 0.0597. The monoisotopic (exact) mass is 350 g/mol. The molecular weight excluding hydrogens is 331 g/mol. The molecule has 132 valence electrons. The molecule has 1 amide bonds. The maximum atomic E-state index is 13.3. The predicted octanol–water partition coefficient (Wildman–Crippen LogP) is 4.06. The molecule has 1 fully saturated rings. The average Bonchev–Trinajstić information content (AvgIpc) is 2.68. The van der Waals surface area contributed by atoms with Gasteiger partial charge in [-0.15, -0.1) is 0 Å². The first-order chi connectivity index (χ1) is 12.7. The minimum atomic E-state index is -0.307. The fraction of sp³-hybridized carbons (Fsp3) is 0.238. The molecule has 26 heavy (non-hydrogen) atoms. The van der Waals surface area contributed by atoms with Crippen LogP contribution in [0.2, 0.25) is 0 Å². The molecule has 5 heteroatoms. The lowest BCUT2D eigenvalue weighted by atomic mass is 10.0. The van der Waals surface area contributed by atoms with Gasteiger partial charge in [-0.2, -0.15) is 0 Å². The Morgan fingerprint density at radius 2 is 1.85 bits per heavy atom. The van der Waals surface area contributed by atoms with Gasteiger partial charge in [0.1, 0.15) is 17.7 Å². The molecule has 4 nitrogen and oxygen atoms in total. The number of likely N-dealkylation sites (tertiary alicyclic amines) is 1. The van der Waals surface area contributed by atoms with Crippen molar-refractivity contribution in [3.05, 3.63) is 72.2 Å². The van der Waals surface area contributed by atoms with Gasteiger partial charge < -0.3 is 9.64 Å². The number of carbonyl (C=O) groups excluding carboxylic acids is 1. The lowest BCUT2D eigenvalue weighted by Crippen LogP contribution is -2.41. The van der Waals surface area contributed by atoms with Crippen LogP contribution in [0.15, 0.2) is 60.8 Å². The number of carbonyl (C=O) groups is 1. The van der Waals surface area contributed by atoms with E-state index in [0.717, 1.165) is 23.7 Å². The van der Waals surface area contributed by atoms with E-state index in [-0.39, 0.29) is 17.8 Å². The Balaban J connectivity index is 1.43. The zero-order chi connectivity index (χ0) is 17.9. The maximum absolute atomic E-state index is 13.3. The van der Waals surface area contributed by atoms with Crippen molar-refractivity contribution in [2.45, 2.75) is 18.9 Å². The van der Waals surface area contributed by atoms with E-state index in [2.05, 4.69) is 4.98 Å². The molecule has 0 spiro atoms. The molecule has 0 atom stereocenters. The van der Waals surface area contributed by atoms with Gasteiger partial charge in [-0.1, -0.05) is 24.3 Å². The molecule has 1 aliphatic heterocycles. The topological polar surface area (TPSA) is 42.4 Å². The van der Waals surface area contributed by atoms with Gasteiger partial charge in [0.2, 0.25) is 0 Å². The molecule has 1 aliphatic rings. The van der Waals surface area contributed by atoms with Gasteiger partial charge in [0.15, 0.2) is 0 Å². The third kappa shape index (κ3) is 3.38. The number of benzene rings is 2. The molecule has 0 N–H and O–H groups in total. The number of fused-ring (bicyclic) bond motifs is 1. The number of pyridine rings is 1. The van der Waals surface area contributed by atoms with Crippen molar-refractivity contribution in [1.82, 2.24) is 9.88 Å². The summed E-state index contributed by atoms with van der Waals surface area (Å²) in [5.41, 5.74) is 1.37. The van der Waals surface area contributed by atoms with E-state index in [9.17, 15) is 9.18 Å². The van der Waals surface area contributed by atoms with E-state index < -0.39 is 0 Å². The summed E-state index contributed by atoms with van der Waals surface area (Å²) in [4.78, 5) is 19.1. The van der Waals surface area contributed by atoms with E-state index >= 15 is 0 Å². The van der Waals surface area contributed by atoms with Crippen LogP contribution in [0, 0.1) is 5.82 Å². The van der Waals surface area contributed by atoms with Gasteiger partial charge in [-0.25, -0.2) is 4.39 Å². The summed E-state index contributed by atoms with van der Waals surface area (Å²) in [6, 6.07) is 15.7. The third-order valence-corrected chi connectivity index (χ3v) is 4.69. The minimum Gasteiger partial charge on any atom is -0.490 e. The molecule has 2 heterocycles. The number of hydrogen-bond donors (Lipinski definition) is 0. The van der Waals surface area contributed by atoms with Crippen molar-refractivity contribution in [3.8, 4) is 5.75 Å². The summed E-state index contributed by atoms with van der Waals surface area (Å²) in [6.07, 6.45) is 3.14. The van der Waals surface area contributed by atoms with E-state index in [4.69, 9.17) is 4.74 Å². The zero-order valence-electron chi connectivity index (χ0n) is 14.3. The van der Waals surface area contributed by atoms with Crippen molar-refractivity contribution in [1.29, 1.82) is 0 Å². The molecule has 0 unspecified atom stereocenters. The second kappa shape index (κ2) is 7.12. The predicted molar refractivity (Wildman–Crippen MR) is 97.7 cm³/mol. The Morgan fingerprint density at radius 1 is 1.08 bits per heavy atom. The fourth-order valence-electron chi connectivity index (χ4n) is 3.36. The van der Waals surface area contributed by atoms with Crippen LogP contribution in [-0.4, -0.2) is 35.0 Å². The van der Waals surface area contributed by atoms with Crippen LogP contribution in [-0.2, 0) is 0 Å². The maximum Gasteiger partial charge on any atom is 0.256 e. The summed E-state index contributed by atoms with van der Waals surface area (Å²) < 4.78 is 19.1. The third-order valence-electron chi connectivity index (χ3n) is 4.69. The highest BCUT2D eigenvalue weighted by Crippen LogP contribution is 2.23. The Labute approximate surface area is 151 Å². The van der Waals surface area contributed by atoms with Crippen LogP contribution in [0.5, 0.6) is 5.75 Å². The van der Waals surface area contributed by atoms with Crippen LogP contribution < -0.4 is 4.74 Å². The summed E-state index contributed by atoms with van der Waals surface area (Å²) >= 11 is 0. The van der Waals surface area contributed by atoms with Crippen molar-refractivity contribution in [2.75, 3.05) is 13.1 Å². The molecule has 2 aromatic carbocycles. The molecule has 4 rings (SSSR count). The van der Waals surface area contributed by atoms with Gasteiger partial charge >= 0.3 is 0 Å². The highest BCUT2D eigenvalue weighted by Gasteiger charge is 2.26. The minimum absolute atomic E-state index is 0.00138. The second-order valence-corrected chi connectivity index (χ2v) is 6.45. The highest BCUT2D eigenvalue weighted by atomic mass is 19.1. The quantitative estimate of drug-likeness (QED) is 0.715. The number of halogens is 1. The van der Waals surface area contributed by atoms with Crippen LogP contribution in [0.1, 0.15) is 23.2 Å². The standard InChI is InChI=1S/C21H19FN2O2/c22-16-6-2-7-18(14-16)26-17-9-12-24(13-10-17)21(25)19-8-1-4-15-5-3-11-23-20(15)19/h1-8,11,14,17H,9-10,12-13H2. The number of nitrogens with zero attached hydrogens (tertiary/aromatic N) is 2. The van der Waals surface area contributed by atoms with E-state index in [1.165, 1.54) is 12.1 Å². The molecule has 1 saturated heterocycles. The summed E-state index contributed by atoms with van der Waals surface area (Å²) in [5, 5.41) is 0.961. The van der Waals surface area contributed by atoms with Gasteiger partial charge in [-0.05, 0) is 24.3 Å². The van der Waals surface area contributed by atoms with Gasteiger partial charge in [0.05, 0.1) is 11.1 Å². The first kappa shape index (κ1) is 16.5. The smallest absolute Gasteiger partial charge is 0.256 e. The van der Waals surface area contributed by atoms with E-state index in [0.29, 0.717) is 24.4 Å². The Bertz CT molecular complexity index is 931. The molecule has 3 aromatic rings. The number of piperidine rings is 1. The number of ether oxygens (including phenoxy) is 1. The lowest BCUT2D eigenvalue weighted by Gasteiger charge is -2.32. The second-order valence-electron chi connectivity index (χ2n) is 6.45. The largest absolute Gasteiger partial charge is 0.490 e. The average molecular weight is 350 g/mol. The van der Waals surface area contributed by atoms with Crippen LogP contribution in [0.25, 0.3) is 10.9 Å². The molecule has 0 aliphatic carbocycles. The number of para-hydroxylation sites is 1. The van der Waals surface area contributed by atoms with Gasteiger partial charge in [0.25, 0.3) is 5.91 Å². The van der Waals surface area contributed by atoms with Crippen molar-refractivity contribution in [3.63, 3.8) is 0 Å². The Hall–Kier alpha value is -2.95. The molecule has 1 aromatic heterocycles. The molecular formula is C21H19FN2O2. The number of aromatic nitrogens is 1. The normalized spacial score (nSPS) is 15.2. The summed E-state index contributed by atoms with van der Waals surface area (Å²) in [7, 11) is 0. The van der Waals surface area contributed by atoms with E-state index in [1.807, 2.05) is 35.2 Å². The SMILES string of the molecule is O=C(c1cccc2cccnc12)N1CCC(Oc2cccc(F)c2)CC1. The number of rotatable bonds is 3. The first-order valence-electron chi connectivity index (χ1n) is 8.76. The van der Waals surface area contributed by atoms with Crippen LogP contribution in [0.4, 0.5) is 4.39 Å². The van der Waals surface area contributed by atoms with Crippen molar-refractivity contribution in [2.24, 2.45) is 0 Å². The number of hydrogen-bond acceptors (Lipinski definition) is 3. The van der Waals surface area contributed by atoms with Crippen molar-refractivity contribution >= 4 is 16.8 Å². The summed E-state index contributed by atoms with van der Waals surface area (Å²) in [6.45, 7) is 1.23. The zero-order valence-corrected chi connectivity index (χ0v) is 14.3. The van der Waals surface area contributed by atoms with Gasteiger partial charge in [0, 0.05) is 43.6 Å². The highest BCUT2D eigenvalue weighted by molar-refractivity contribution is 6.05. The Kier molecular flexibility index (Phi) is 4.52. The molecule has 0 bridgehead atoms. The summed E-state index contributed by atoms with van der Waals surface area (Å²) in [5.74, 6) is 0.227. The van der Waals surface area contributed by atoms with Crippen molar-refractivity contribution < 1.29 is 13.9 Å².